The van der Waals surface area contributed by atoms with Gasteiger partial charge in [-0.1, -0.05) is 30.3 Å². The molecule has 1 aliphatic heterocycles. The van der Waals surface area contributed by atoms with E-state index in [0.717, 1.165) is 0 Å². The van der Waals surface area contributed by atoms with Crippen molar-refractivity contribution in [1.29, 1.82) is 0 Å². The van der Waals surface area contributed by atoms with Crippen LogP contribution in [0.4, 0.5) is 5.69 Å². The fourth-order valence-electron chi connectivity index (χ4n) is 3.09. The number of nitrogens with zero attached hydrogens (tertiary/aromatic N) is 2. The Balaban J connectivity index is 1.88. The number of hydrogen-bond acceptors (Lipinski definition) is 5. The van der Waals surface area contributed by atoms with Crippen molar-refractivity contribution in [3.63, 3.8) is 0 Å². The number of benzene rings is 1. The Morgan fingerprint density at radius 1 is 1.08 bits per heavy atom. The number of aromatic nitrogens is 1. The van der Waals surface area contributed by atoms with Crippen molar-refractivity contribution in [2.45, 2.75) is 6.04 Å². The van der Waals surface area contributed by atoms with Crippen LogP contribution in [0.2, 0.25) is 0 Å². The van der Waals surface area contributed by atoms with E-state index in [1.54, 1.807) is 36.5 Å². The number of pyridine rings is 1. The Morgan fingerprint density at radius 3 is 2.54 bits per heavy atom. The molecule has 0 aliphatic carbocycles. The maximum absolute atomic E-state index is 12.9. The molecule has 3 heterocycles. The lowest BCUT2D eigenvalue weighted by Gasteiger charge is -2.26. The minimum Gasteiger partial charge on any atom is -0.503 e. The Bertz CT molecular complexity index is 979. The molecule has 0 radical (unpaired) electrons. The van der Waals surface area contributed by atoms with E-state index in [1.165, 1.54) is 23.4 Å². The molecular weight excluding hydrogens is 332 g/mol. The first kappa shape index (κ1) is 15.8. The van der Waals surface area contributed by atoms with E-state index < -0.39 is 23.5 Å². The summed E-state index contributed by atoms with van der Waals surface area (Å²) in [6, 6.07) is 14.8. The summed E-state index contributed by atoms with van der Waals surface area (Å²) in [5.74, 6) is -1.69. The van der Waals surface area contributed by atoms with E-state index in [9.17, 15) is 14.7 Å². The highest BCUT2D eigenvalue weighted by Crippen LogP contribution is 2.41. The van der Waals surface area contributed by atoms with Crippen molar-refractivity contribution in [2.75, 3.05) is 4.90 Å². The number of anilines is 1. The summed E-state index contributed by atoms with van der Waals surface area (Å²) in [6.07, 6.45) is 4.48. The number of Topliss-reactive ketones (excluding diaryl/α,β-unsaturated/α-hetero) is 1. The number of furan rings is 1. The van der Waals surface area contributed by atoms with E-state index in [2.05, 4.69) is 4.98 Å². The molecule has 3 aromatic rings. The topological polar surface area (TPSA) is 83.6 Å². The van der Waals surface area contributed by atoms with Crippen LogP contribution >= 0.6 is 0 Å². The van der Waals surface area contributed by atoms with E-state index >= 15 is 0 Å². The minimum absolute atomic E-state index is 0.0139. The van der Waals surface area contributed by atoms with Crippen LogP contribution in [0.3, 0.4) is 0 Å². The summed E-state index contributed by atoms with van der Waals surface area (Å²) in [5.41, 5.74) is 1.17. The normalized spacial score (nSPS) is 17.0. The van der Waals surface area contributed by atoms with Gasteiger partial charge in [0.25, 0.3) is 5.91 Å². The van der Waals surface area contributed by atoms with Crippen LogP contribution < -0.4 is 4.90 Å². The number of aliphatic hydroxyl groups is 1. The van der Waals surface area contributed by atoms with E-state index in [4.69, 9.17) is 4.42 Å². The third kappa shape index (κ3) is 2.48. The molecule has 1 aromatic carbocycles. The highest BCUT2D eigenvalue weighted by atomic mass is 16.3. The van der Waals surface area contributed by atoms with Gasteiger partial charge in [-0.3, -0.25) is 19.5 Å². The predicted octanol–water partition coefficient (Wildman–Crippen LogP) is 3.46. The van der Waals surface area contributed by atoms with Gasteiger partial charge in [0.1, 0.15) is 0 Å². The third-order valence-electron chi connectivity index (χ3n) is 4.24. The average molecular weight is 346 g/mol. The molecule has 1 N–H and O–H groups in total. The average Bonchev–Trinajstić information content (AvgIpc) is 3.31. The lowest BCUT2D eigenvalue weighted by molar-refractivity contribution is -0.117. The molecule has 1 atom stereocenters. The molecule has 1 amide bonds. The molecule has 128 valence electrons. The first-order valence-corrected chi connectivity index (χ1v) is 7.98. The molecule has 0 saturated carbocycles. The standard InChI is InChI=1S/C20H14N2O4/c23-18(15-9-5-11-26-15)16-17(13-6-2-1-3-7-13)22(20(25)19(16)24)14-8-4-10-21-12-14/h1-12,17,24H/t17-/m0/s1. The molecule has 0 spiro atoms. The molecule has 0 fully saturated rings. The number of carbonyl (C=O) groups is 2. The van der Waals surface area contributed by atoms with Gasteiger partial charge >= 0.3 is 0 Å². The second-order valence-electron chi connectivity index (χ2n) is 5.77. The zero-order chi connectivity index (χ0) is 18.1. The molecular formula is C20H14N2O4. The van der Waals surface area contributed by atoms with Gasteiger partial charge in [-0.25, -0.2) is 0 Å². The Kier molecular flexibility index (Phi) is 3.85. The number of ketones is 1. The van der Waals surface area contributed by atoms with Gasteiger partial charge in [0.2, 0.25) is 5.78 Å². The summed E-state index contributed by atoms with van der Waals surface area (Å²) in [5, 5.41) is 10.5. The number of hydrogen-bond donors (Lipinski definition) is 1. The van der Waals surface area contributed by atoms with Gasteiger partial charge in [-0.05, 0) is 29.8 Å². The molecule has 26 heavy (non-hydrogen) atoms. The molecule has 6 heteroatoms. The Morgan fingerprint density at radius 2 is 1.88 bits per heavy atom. The highest BCUT2D eigenvalue weighted by Gasteiger charge is 2.45. The van der Waals surface area contributed by atoms with Gasteiger partial charge in [0.05, 0.1) is 29.8 Å². The van der Waals surface area contributed by atoms with Crippen molar-refractivity contribution in [3.05, 3.63) is 95.9 Å². The smallest absolute Gasteiger partial charge is 0.294 e. The molecule has 2 aromatic heterocycles. The van der Waals surface area contributed by atoms with Crippen molar-refractivity contribution in [2.24, 2.45) is 0 Å². The Hall–Kier alpha value is -3.67. The summed E-state index contributed by atoms with van der Waals surface area (Å²) in [7, 11) is 0. The summed E-state index contributed by atoms with van der Waals surface area (Å²) in [4.78, 5) is 31.1. The summed E-state index contributed by atoms with van der Waals surface area (Å²) < 4.78 is 5.18. The lowest BCUT2D eigenvalue weighted by atomic mass is 9.95. The maximum atomic E-state index is 12.9. The van der Waals surface area contributed by atoms with Gasteiger partial charge in [0, 0.05) is 6.20 Å². The van der Waals surface area contributed by atoms with Gasteiger partial charge in [0.15, 0.2) is 11.5 Å². The number of aliphatic hydroxyl groups excluding tert-OH is 1. The van der Waals surface area contributed by atoms with Crippen LogP contribution in [0, 0.1) is 0 Å². The third-order valence-corrected chi connectivity index (χ3v) is 4.24. The van der Waals surface area contributed by atoms with Gasteiger partial charge in [-0.2, -0.15) is 0 Å². The van der Waals surface area contributed by atoms with E-state index in [-0.39, 0.29) is 11.3 Å². The number of amides is 1. The SMILES string of the molecule is O=C(C1=C(O)C(=O)N(c2cccnc2)[C@H]1c1ccccc1)c1ccco1. The largest absolute Gasteiger partial charge is 0.503 e. The van der Waals surface area contributed by atoms with Gasteiger partial charge in [-0.15, -0.1) is 0 Å². The lowest BCUT2D eigenvalue weighted by Crippen LogP contribution is -2.31. The van der Waals surface area contributed by atoms with Crippen LogP contribution in [0.25, 0.3) is 0 Å². The molecule has 4 rings (SSSR count). The molecule has 0 saturated heterocycles. The minimum atomic E-state index is -0.773. The monoisotopic (exact) mass is 346 g/mol. The maximum Gasteiger partial charge on any atom is 0.294 e. The van der Waals surface area contributed by atoms with Crippen LogP contribution in [0.5, 0.6) is 0 Å². The predicted molar refractivity (Wildman–Crippen MR) is 93.6 cm³/mol. The fourth-order valence-corrected chi connectivity index (χ4v) is 3.09. The zero-order valence-electron chi connectivity index (χ0n) is 13.6. The fraction of sp³-hybridized carbons (Fsp3) is 0.0500. The number of carbonyl (C=O) groups excluding carboxylic acids is 2. The van der Waals surface area contributed by atoms with Crippen LogP contribution in [0.1, 0.15) is 22.2 Å². The number of rotatable bonds is 4. The Labute approximate surface area is 149 Å². The van der Waals surface area contributed by atoms with Crippen molar-refractivity contribution < 1.29 is 19.1 Å². The second-order valence-corrected chi connectivity index (χ2v) is 5.77. The van der Waals surface area contributed by atoms with Crippen molar-refractivity contribution in [3.8, 4) is 0 Å². The summed E-state index contributed by atoms with van der Waals surface area (Å²) >= 11 is 0. The summed E-state index contributed by atoms with van der Waals surface area (Å²) in [6.45, 7) is 0. The van der Waals surface area contributed by atoms with Crippen LogP contribution in [0.15, 0.2) is 89.0 Å². The van der Waals surface area contributed by atoms with E-state index in [1.807, 2.05) is 18.2 Å². The highest BCUT2D eigenvalue weighted by molar-refractivity contribution is 6.20. The molecule has 1 aliphatic rings. The quantitative estimate of drug-likeness (QED) is 0.732. The molecule has 0 unspecified atom stereocenters. The van der Waals surface area contributed by atoms with Crippen LogP contribution in [-0.4, -0.2) is 21.8 Å². The van der Waals surface area contributed by atoms with Crippen molar-refractivity contribution in [1.82, 2.24) is 4.98 Å². The van der Waals surface area contributed by atoms with Crippen molar-refractivity contribution >= 4 is 17.4 Å². The van der Waals surface area contributed by atoms with Gasteiger partial charge < -0.3 is 9.52 Å². The molecule has 6 nitrogen and oxygen atoms in total. The zero-order valence-corrected chi connectivity index (χ0v) is 13.6. The van der Waals surface area contributed by atoms with Crippen LogP contribution in [-0.2, 0) is 4.79 Å². The molecule has 0 bridgehead atoms. The second kappa shape index (κ2) is 6.33. The van der Waals surface area contributed by atoms with E-state index in [0.29, 0.717) is 11.3 Å². The first-order chi connectivity index (χ1) is 12.7. The first-order valence-electron chi connectivity index (χ1n) is 7.98.